The maximum atomic E-state index is 12.4. The fourth-order valence-corrected chi connectivity index (χ4v) is 3.62. The molecule has 0 aromatic carbocycles. The average Bonchev–Trinajstić information content (AvgIpc) is 2.92. The van der Waals surface area contributed by atoms with E-state index in [-0.39, 0.29) is 10.2 Å². The first-order valence-electron chi connectivity index (χ1n) is 6.61. The van der Waals surface area contributed by atoms with Crippen LogP contribution in [0.2, 0.25) is 0 Å². The number of sulfonamides is 1. The molecule has 7 nitrogen and oxygen atoms in total. The van der Waals surface area contributed by atoms with Crippen molar-refractivity contribution < 1.29 is 8.42 Å². The number of nitrogens with one attached hydrogen (secondary N) is 2. The lowest BCUT2D eigenvalue weighted by Crippen LogP contribution is -2.17. The third-order valence-corrected chi connectivity index (χ3v) is 4.99. The van der Waals surface area contributed by atoms with Gasteiger partial charge in [0, 0.05) is 12.7 Å². The van der Waals surface area contributed by atoms with E-state index in [1.807, 2.05) is 13.8 Å². The van der Waals surface area contributed by atoms with Crippen LogP contribution in [0.4, 0.5) is 10.8 Å². The molecule has 0 aliphatic carbocycles. The Hall–Kier alpha value is -1.74. The molecular weight excluding hydrogens is 310 g/mol. The third kappa shape index (κ3) is 3.88. The van der Waals surface area contributed by atoms with Gasteiger partial charge in [-0.1, -0.05) is 25.2 Å². The first-order valence-corrected chi connectivity index (χ1v) is 8.91. The van der Waals surface area contributed by atoms with Gasteiger partial charge < -0.3 is 5.32 Å². The molecule has 0 unspecified atom stereocenters. The number of aromatic nitrogens is 3. The summed E-state index contributed by atoms with van der Waals surface area (Å²) in [4.78, 5) is 3.97. The highest BCUT2D eigenvalue weighted by Gasteiger charge is 2.21. The standard InChI is InChI=1S/C12H17N5O2S2/c1-3-7-13-9-6-5-8-14-11(9)21(18,19)17-12-16-15-10(4-2)20-12/h5-6,8,13H,3-4,7H2,1-2H3,(H,16,17). The van der Waals surface area contributed by atoms with Crippen LogP contribution in [0.3, 0.4) is 0 Å². The van der Waals surface area contributed by atoms with Crippen LogP contribution in [0.5, 0.6) is 0 Å². The van der Waals surface area contributed by atoms with E-state index in [4.69, 9.17) is 0 Å². The lowest BCUT2D eigenvalue weighted by atomic mass is 10.4. The summed E-state index contributed by atoms with van der Waals surface area (Å²) in [5.41, 5.74) is 0.479. The van der Waals surface area contributed by atoms with Crippen LogP contribution in [-0.2, 0) is 16.4 Å². The number of hydrogen-bond donors (Lipinski definition) is 2. The van der Waals surface area contributed by atoms with Gasteiger partial charge in [0.05, 0.1) is 5.69 Å². The Bertz CT molecular complexity index is 699. The second-order valence-electron chi connectivity index (χ2n) is 4.24. The van der Waals surface area contributed by atoms with Gasteiger partial charge in [0.2, 0.25) is 5.13 Å². The number of pyridine rings is 1. The van der Waals surface area contributed by atoms with Gasteiger partial charge in [-0.25, -0.2) is 4.98 Å². The quantitative estimate of drug-likeness (QED) is 0.808. The molecule has 9 heteroatoms. The zero-order valence-electron chi connectivity index (χ0n) is 11.8. The molecule has 2 rings (SSSR count). The van der Waals surface area contributed by atoms with Crippen LogP contribution in [-0.4, -0.2) is 30.1 Å². The van der Waals surface area contributed by atoms with Gasteiger partial charge in [0.1, 0.15) is 5.01 Å². The summed E-state index contributed by atoms with van der Waals surface area (Å²) < 4.78 is 27.2. The predicted molar refractivity (Wildman–Crippen MR) is 83.1 cm³/mol. The number of anilines is 2. The Balaban J connectivity index is 2.26. The highest BCUT2D eigenvalue weighted by molar-refractivity contribution is 7.93. The van der Waals surface area contributed by atoms with E-state index in [0.717, 1.165) is 11.4 Å². The largest absolute Gasteiger partial charge is 0.383 e. The normalized spacial score (nSPS) is 11.3. The lowest BCUT2D eigenvalue weighted by molar-refractivity contribution is 0.598. The molecule has 0 amide bonds. The Morgan fingerprint density at radius 2 is 2.10 bits per heavy atom. The van der Waals surface area contributed by atoms with Crippen LogP contribution in [0.1, 0.15) is 25.3 Å². The van der Waals surface area contributed by atoms with Crippen molar-refractivity contribution in [3.63, 3.8) is 0 Å². The first kappa shape index (κ1) is 15.6. The molecule has 0 saturated carbocycles. The van der Waals surface area contributed by atoms with E-state index in [1.54, 1.807) is 12.1 Å². The van der Waals surface area contributed by atoms with E-state index in [9.17, 15) is 8.42 Å². The van der Waals surface area contributed by atoms with Crippen LogP contribution < -0.4 is 10.0 Å². The molecule has 0 atom stereocenters. The molecule has 0 aliphatic rings. The molecule has 0 bridgehead atoms. The summed E-state index contributed by atoms with van der Waals surface area (Å²) in [5, 5.41) is 11.8. The van der Waals surface area contributed by atoms with E-state index < -0.39 is 10.0 Å². The highest BCUT2D eigenvalue weighted by atomic mass is 32.2. The van der Waals surface area contributed by atoms with Crippen molar-refractivity contribution >= 4 is 32.2 Å². The van der Waals surface area contributed by atoms with Crippen LogP contribution >= 0.6 is 11.3 Å². The minimum Gasteiger partial charge on any atom is -0.383 e. The minimum absolute atomic E-state index is 0.0355. The molecule has 2 aromatic rings. The Morgan fingerprint density at radius 1 is 1.29 bits per heavy atom. The Kier molecular flexibility index (Phi) is 5.07. The maximum Gasteiger partial charge on any atom is 0.283 e. The van der Waals surface area contributed by atoms with E-state index >= 15 is 0 Å². The molecule has 114 valence electrons. The molecule has 0 saturated heterocycles. The predicted octanol–water partition coefficient (Wildman–Crippen LogP) is 2.12. The van der Waals surface area contributed by atoms with Gasteiger partial charge in [0.15, 0.2) is 5.03 Å². The van der Waals surface area contributed by atoms with Crippen LogP contribution in [0.25, 0.3) is 0 Å². The van der Waals surface area contributed by atoms with Gasteiger partial charge in [-0.3, -0.25) is 4.72 Å². The van der Waals surface area contributed by atoms with Crippen molar-refractivity contribution in [3.05, 3.63) is 23.3 Å². The summed E-state index contributed by atoms with van der Waals surface area (Å²) >= 11 is 1.22. The fraction of sp³-hybridized carbons (Fsp3) is 0.417. The summed E-state index contributed by atoms with van der Waals surface area (Å²) in [6.07, 6.45) is 3.05. The van der Waals surface area contributed by atoms with Gasteiger partial charge >= 0.3 is 0 Å². The van der Waals surface area contributed by atoms with Crippen LogP contribution in [0, 0.1) is 0 Å². The molecule has 0 spiro atoms. The van der Waals surface area contributed by atoms with E-state index in [2.05, 4.69) is 25.2 Å². The Morgan fingerprint density at radius 3 is 2.76 bits per heavy atom. The van der Waals surface area contributed by atoms with Crippen molar-refractivity contribution in [2.75, 3.05) is 16.6 Å². The van der Waals surface area contributed by atoms with Crippen molar-refractivity contribution in [2.24, 2.45) is 0 Å². The van der Waals surface area contributed by atoms with Crippen LogP contribution in [0.15, 0.2) is 23.4 Å². The zero-order chi connectivity index (χ0) is 15.3. The third-order valence-electron chi connectivity index (χ3n) is 2.58. The highest BCUT2D eigenvalue weighted by Crippen LogP contribution is 2.23. The summed E-state index contributed by atoms with van der Waals surface area (Å²) in [5.74, 6) is 0. The first-order chi connectivity index (χ1) is 10.1. The SMILES string of the molecule is CCCNc1cccnc1S(=O)(=O)Nc1nnc(CC)s1. The van der Waals surface area contributed by atoms with Gasteiger partial charge in [-0.05, 0) is 25.0 Å². The number of rotatable bonds is 7. The zero-order valence-corrected chi connectivity index (χ0v) is 13.5. The molecular formula is C12H17N5O2S2. The minimum atomic E-state index is -3.78. The van der Waals surface area contributed by atoms with Crippen molar-refractivity contribution in [1.82, 2.24) is 15.2 Å². The smallest absolute Gasteiger partial charge is 0.283 e. The maximum absolute atomic E-state index is 12.4. The van der Waals surface area contributed by atoms with E-state index in [0.29, 0.717) is 18.7 Å². The molecule has 21 heavy (non-hydrogen) atoms. The van der Waals surface area contributed by atoms with Crippen molar-refractivity contribution in [3.8, 4) is 0 Å². The van der Waals surface area contributed by atoms with Gasteiger partial charge in [-0.15, -0.1) is 10.2 Å². The topological polar surface area (TPSA) is 96.9 Å². The second-order valence-corrected chi connectivity index (χ2v) is 6.90. The number of nitrogens with zero attached hydrogens (tertiary/aromatic N) is 3. The molecule has 2 aromatic heterocycles. The van der Waals surface area contributed by atoms with Crippen molar-refractivity contribution in [1.29, 1.82) is 0 Å². The van der Waals surface area contributed by atoms with E-state index in [1.165, 1.54) is 17.5 Å². The molecule has 2 N–H and O–H groups in total. The average molecular weight is 327 g/mol. The van der Waals surface area contributed by atoms with Gasteiger partial charge in [-0.2, -0.15) is 8.42 Å². The number of aryl methyl sites for hydroxylation is 1. The molecule has 0 aliphatic heterocycles. The molecule has 2 heterocycles. The molecule has 0 fully saturated rings. The monoisotopic (exact) mass is 327 g/mol. The van der Waals surface area contributed by atoms with Gasteiger partial charge in [0.25, 0.3) is 10.0 Å². The van der Waals surface area contributed by atoms with Crippen molar-refractivity contribution in [2.45, 2.75) is 31.7 Å². The lowest BCUT2D eigenvalue weighted by Gasteiger charge is -2.10. The Labute approximate surface area is 127 Å². The fourth-order valence-electron chi connectivity index (χ4n) is 1.60. The summed E-state index contributed by atoms with van der Waals surface area (Å²) in [6.45, 7) is 4.61. The number of hydrogen-bond acceptors (Lipinski definition) is 7. The second kappa shape index (κ2) is 6.81. The molecule has 0 radical (unpaired) electrons. The summed E-state index contributed by atoms with van der Waals surface area (Å²) in [7, 11) is -3.78. The summed E-state index contributed by atoms with van der Waals surface area (Å²) in [6, 6.07) is 3.38.